The average Bonchev–Trinajstić information content (AvgIpc) is 2.83. The highest BCUT2D eigenvalue weighted by Crippen LogP contribution is 2.41. The Balaban J connectivity index is 2.09. The van der Waals surface area contributed by atoms with Gasteiger partial charge < -0.3 is 5.32 Å². The highest BCUT2D eigenvalue weighted by atomic mass is 15.4. The molecule has 3 atom stereocenters. The molecule has 0 amide bonds. The van der Waals surface area contributed by atoms with Gasteiger partial charge in [-0.15, -0.1) is 5.10 Å². The van der Waals surface area contributed by atoms with Crippen molar-refractivity contribution in [1.29, 1.82) is 0 Å². The number of hydrogen-bond acceptors (Lipinski definition) is 3. The highest BCUT2D eigenvalue weighted by molar-refractivity contribution is 5.08. The lowest BCUT2D eigenvalue weighted by atomic mass is 9.71. The molecule has 1 aromatic rings. The molecular weight excluding hydrogens is 260 g/mol. The maximum Gasteiger partial charge on any atom is 0.0728 e. The summed E-state index contributed by atoms with van der Waals surface area (Å²) in [4.78, 5) is 0. The van der Waals surface area contributed by atoms with Crippen LogP contribution in [0.25, 0.3) is 0 Å². The second kappa shape index (κ2) is 6.91. The van der Waals surface area contributed by atoms with Gasteiger partial charge in [0.1, 0.15) is 0 Å². The Labute approximate surface area is 129 Å². The fraction of sp³-hybridized carbons (Fsp3) is 0.882. The van der Waals surface area contributed by atoms with Crippen molar-refractivity contribution in [2.45, 2.75) is 71.3 Å². The molecule has 1 aliphatic rings. The summed E-state index contributed by atoms with van der Waals surface area (Å²) in [6.07, 6.45) is 8.64. The van der Waals surface area contributed by atoms with E-state index in [-0.39, 0.29) is 5.54 Å². The number of nitrogens with one attached hydrogen (secondary N) is 1. The highest BCUT2D eigenvalue weighted by Gasteiger charge is 2.33. The topological polar surface area (TPSA) is 42.7 Å². The van der Waals surface area contributed by atoms with Crippen molar-refractivity contribution in [3.63, 3.8) is 0 Å². The van der Waals surface area contributed by atoms with Crippen molar-refractivity contribution in [2.24, 2.45) is 18.9 Å². The second-order valence-electron chi connectivity index (χ2n) is 7.75. The summed E-state index contributed by atoms with van der Waals surface area (Å²) in [5.41, 5.74) is 1.51. The average molecular weight is 292 g/mol. The molecule has 120 valence electrons. The monoisotopic (exact) mass is 292 g/mol. The van der Waals surface area contributed by atoms with Crippen molar-refractivity contribution in [1.82, 2.24) is 20.3 Å². The molecule has 0 spiro atoms. The molecule has 1 aliphatic carbocycles. The van der Waals surface area contributed by atoms with E-state index in [1.807, 2.05) is 17.9 Å². The number of aryl methyl sites for hydroxylation is 1. The van der Waals surface area contributed by atoms with Crippen LogP contribution in [0.3, 0.4) is 0 Å². The minimum Gasteiger partial charge on any atom is -0.312 e. The van der Waals surface area contributed by atoms with Gasteiger partial charge in [0.05, 0.1) is 11.9 Å². The Kier molecular flexibility index (Phi) is 5.42. The van der Waals surface area contributed by atoms with Crippen LogP contribution in [-0.4, -0.2) is 27.1 Å². The van der Waals surface area contributed by atoms with Gasteiger partial charge in [0.15, 0.2) is 0 Å². The number of hydrogen-bond donors (Lipinski definition) is 1. The predicted octanol–water partition coefficient (Wildman–Crippen LogP) is 3.50. The van der Waals surface area contributed by atoms with Crippen LogP contribution in [0.1, 0.15) is 71.4 Å². The van der Waals surface area contributed by atoms with E-state index in [0.29, 0.717) is 11.8 Å². The maximum atomic E-state index is 4.15. The molecule has 0 saturated heterocycles. The Morgan fingerprint density at radius 2 is 2.10 bits per heavy atom. The second-order valence-corrected chi connectivity index (χ2v) is 7.75. The third kappa shape index (κ3) is 4.53. The van der Waals surface area contributed by atoms with Crippen LogP contribution in [0.5, 0.6) is 0 Å². The number of aromatic nitrogens is 3. The molecule has 1 heterocycles. The molecule has 21 heavy (non-hydrogen) atoms. The van der Waals surface area contributed by atoms with E-state index in [9.17, 15) is 0 Å². The van der Waals surface area contributed by atoms with Gasteiger partial charge in [-0.05, 0) is 52.0 Å². The van der Waals surface area contributed by atoms with Crippen molar-refractivity contribution in [3.05, 3.63) is 11.9 Å². The Morgan fingerprint density at radius 1 is 1.33 bits per heavy atom. The van der Waals surface area contributed by atoms with Crippen LogP contribution in [0.15, 0.2) is 6.20 Å². The molecule has 4 nitrogen and oxygen atoms in total. The molecule has 0 bridgehead atoms. The minimum absolute atomic E-state index is 0.190. The predicted molar refractivity (Wildman–Crippen MR) is 87.2 cm³/mol. The summed E-state index contributed by atoms with van der Waals surface area (Å²) in [6, 6.07) is 0. The summed E-state index contributed by atoms with van der Waals surface area (Å²) in [5, 5.41) is 12.0. The zero-order valence-electron chi connectivity index (χ0n) is 14.4. The quantitative estimate of drug-likeness (QED) is 0.903. The Hall–Kier alpha value is -0.900. The van der Waals surface area contributed by atoms with E-state index in [4.69, 9.17) is 0 Å². The van der Waals surface area contributed by atoms with E-state index >= 15 is 0 Å². The van der Waals surface area contributed by atoms with Gasteiger partial charge >= 0.3 is 0 Å². The van der Waals surface area contributed by atoms with Crippen LogP contribution in [0.2, 0.25) is 0 Å². The zero-order valence-corrected chi connectivity index (χ0v) is 14.4. The largest absolute Gasteiger partial charge is 0.312 e. The Bertz CT molecular complexity index is 432. The summed E-state index contributed by atoms with van der Waals surface area (Å²) in [7, 11) is 2.03. The fourth-order valence-corrected chi connectivity index (χ4v) is 3.67. The molecule has 0 aliphatic heterocycles. The first kappa shape index (κ1) is 16.5. The van der Waals surface area contributed by atoms with Gasteiger partial charge in [-0.2, -0.15) is 0 Å². The molecule has 0 radical (unpaired) electrons. The first-order valence-electron chi connectivity index (χ1n) is 8.50. The van der Waals surface area contributed by atoms with Gasteiger partial charge in [0.2, 0.25) is 0 Å². The molecule has 4 heteroatoms. The first-order valence-corrected chi connectivity index (χ1v) is 8.50. The fourth-order valence-electron chi connectivity index (χ4n) is 3.67. The number of nitrogens with zero attached hydrogens (tertiary/aromatic N) is 3. The van der Waals surface area contributed by atoms with Gasteiger partial charge in [-0.3, -0.25) is 4.68 Å². The Morgan fingerprint density at radius 3 is 2.67 bits per heavy atom. The van der Waals surface area contributed by atoms with Crippen LogP contribution in [0, 0.1) is 11.8 Å². The molecule has 1 saturated carbocycles. The third-order valence-electron chi connectivity index (χ3n) is 4.82. The van der Waals surface area contributed by atoms with E-state index < -0.39 is 0 Å². The van der Waals surface area contributed by atoms with E-state index in [1.165, 1.54) is 37.8 Å². The normalized spacial score (nSPS) is 27.0. The van der Waals surface area contributed by atoms with Crippen molar-refractivity contribution in [2.75, 3.05) is 6.54 Å². The van der Waals surface area contributed by atoms with Crippen molar-refractivity contribution >= 4 is 0 Å². The van der Waals surface area contributed by atoms with Crippen LogP contribution >= 0.6 is 0 Å². The lowest BCUT2D eigenvalue weighted by Gasteiger charge is -2.37. The first-order chi connectivity index (χ1) is 9.90. The van der Waals surface area contributed by atoms with Gasteiger partial charge in [0.25, 0.3) is 0 Å². The molecule has 1 fully saturated rings. The summed E-state index contributed by atoms with van der Waals surface area (Å²) in [5.74, 6) is 2.18. The minimum atomic E-state index is 0.190. The lowest BCUT2D eigenvalue weighted by Crippen LogP contribution is -2.42. The summed E-state index contributed by atoms with van der Waals surface area (Å²) >= 11 is 0. The maximum absolute atomic E-state index is 4.15. The molecule has 3 unspecified atom stereocenters. The summed E-state index contributed by atoms with van der Waals surface area (Å²) in [6.45, 7) is 10.1. The van der Waals surface area contributed by atoms with E-state index in [1.54, 1.807) is 0 Å². The third-order valence-corrected chi connectivity index (χ3v) is 4.82. The standard InChI is InChI=1S/C17H32N4/c1-6-7-13-8-9-14(11-18-17(2,3)4)15(10-13)16-12-19-20-21(16)5/h12-15,18H,6-11H2,1-5H3. The van der Waals surface area contributed by atoms with Gasteiger partial charge in [0, 0.05) is 18.5 Å². The molecular formula is C17H32N4. The van der Waals surface area contributed by atoms with Crippen LogP contribution in [0.4, 0.5) is 0 Å². The van der Waals surface area contributed by atoms with E-state index in [0.717, 1.165) is 12.5 Å². The number of rotatable bonds is 5. The smallest absolute Gasteiger partial charge is 0.0728 e. The van der Waals surface area contributed by atoms with Crippen molar-refractivity contribution < 1.29 is 0 Å². The zero-order chi connectivity index (χ0) is 15.5. The molecule has 1 N–H and O–H groups in total. The van der Waals surface area contributed by atoms with Crippen molar-refractivity contribution in [3.8, 4) is 0 Å². The van der Waals surface area contributed by atoms with Gasteiger partial charge in [-0.1, -0.05) is 31.4 Å². The SMILES string of the molecule is CCCC1CCC(CNC(C)(C)C)C(c2cnnn2C)C1. The lowest BCUT2D eigenvalue weighted by molar-refractivity contribution is 0.203. The summed E-state index contributed by atoms with van der Waals surface area (Å²) < 4.78 is 1.98. The van der Waals surface area contributed by atoms with E-state index in [2.05, 4.69) is 43.3 Å². The molecule has 1 aromatic heterocycles. The van der Waals surface area contributed by atoms with Crippen LogP contribution in [-0.2, 0) is 7.05 Å². The van der Waals surface area contributed by atoms with Gasteiger partial charge in [-0.25, -0.2) is 0 Å². The molecule has 2 rings (SSSR count). The van der Waals surface area contributed by atoms with Crippen LogP contribution < -0.4 is 5.32 Å². The molecule has 0 aromatic carbocycles.